The van der Waals surface area contributed by atoms with Crippen LogP contribution in [0.3, 0.4) is 0 Å². The predicted octanol–water partition coefficient (Wildman–Crippen LogP) is 5.46. The van der Waals surface area contributed by atoms with Crippen LogP contribution in [0.15, 0.2) is 42.5 Å². The van der Waals surface area contributed by atoms with Crippen molar-refractivity contribution in [2.24, 2.45) is 0 Å². The highest BCUT2D eigenvalue weighted by Crippen LogP contribution is 2.38. The highest BCUT2D eigenvalue weighted by molar-refractivity contribution is 6.33. The lowest BCUT2D eigenvalue weighted by molar-refractivity contribution is -0.137. The van der Waals surface area contributed by atoms with Gasteiger partial charge < -0.3 is 5.32 Å². The highest BCUT2D eigenvalue weighted by Gasteiger charge is 2.31. The summed E-state index contributed by atoms with van der Waals surface area (Å²) in [5.41, 5.74) is 2.00. The Morgan fingerprint density at radius 3 is 2.62 bits per heavy atom. The van der Waals surface area contributed by atoms with Gasteiger partial charge in [-0.15, -0.1) is 0 Å². The minimum Gasteiger partial charge on any atom is -0.377 e. The van der Waals surface area contributed by atoms with Crippen molar-refractivity contribution in [3.8, 4) is 0 Å². The molecule has 0 aliphatic heterocycles. The fourth-order valence-electron chi connectivity index (χ4n) is 2.71. The van der Waals surface area contributed by atoms with Crippen LogP contribution in [0.2, 0.25) is 5.02 Å². The molecule has 0 saturated carbocycles. The van der Waals surface area contributed by atoms with E-state index in [2.05, 4.69) is 5.32 Å². The molecule has 1 N–H and O–H groups in total. The summed E-state index contributed by atoms with van der Waals surface area (Å²) in [5, 5.41) is 3.44. The Bertz CT molecular complexity index is 667. The maximum Gasteiger partial charge on any atom is 0.416 e. The molecule has 0 saturated heterocycles. The molecular weight excluding hydrogens is 299 g/mol. The number of halogens is 4. The topological polar surface area (TPSA) is 12.0 Å². The molecule has 1 aliphatic carbocycles. The molecule has 0 spiro atoms. The highest BCUT2D eigenvalue weighted by atomic mass is 35.5. The Morgan fingerprint density at radius 2 is 1.86 bits per heavy atom. The number of rotatable bonds is 2. The average Bonchev–Trinajstić information content (AvgIpc) is 2.83. The van der Waals surface area contributed by atoms with Gasteiger partial charge in [-0.1, -0.05) is 35.9 Å². The smallest absolute Gasteiger partial charge is 0.377 e. The van der Waals surface area contributed by atoms with Gasteiger partial charge in [0.25, 0.3) is 0 Å². The van der Waals surface area contributed by atoms with Gasteiger partial charge in [-0.2, -0.15) is 13.2 Å². The van der Waals surface area contributed by atoms with E-state index in [0.717, 1.165) is 30.5 Å². The van der Waals surface area contributed by atoms with Crippen molar-refractivity contribution in [2.45, 2.75) is 25.1 Å². The largest absolute Gasteiger partial charge is 0.416 e. The molecule has 0 bridgehead atoms. The van der Waals surface area contributed by atoms with Gasteiger partial charge in [-0.25, -0.2) is 0 Å². The van der Waals surface area contributed by atoms with Crippen molar-refractivity contribution < 1.29 is 13.2 Å². The van der Waals surface area contributed by atoms with Crippen LogP contribution >= 0.6 is 11.6 Å². The lowest BCUT2D eigenvalue weighted by atomic mass is 10.1. The second kappa shape index (κ2) is 5.26. The fourth-order valence-corrected chi connectivity index (χ4v) is 2.88. The van der Waals surface area contributed by atoms with Gasteiger partial charge in [0, 0.05) is 0 Å². The van der Waals surface area contributed by atoms with Crippen LogP contribution in [0.4, 0.5) is 18.9 Å². The maximum absolute atomic E-state index is 12.8. The summed E-state index contributed by atoms with van der Waals surface area (Å²) in [4.78, 5) is 0. The van der Waals surface area contributed by atoms with Gasteiger partial charge in [0.1, 0.15) is 0 Å². The number of alkyl halides is 3. The fraction of sp³-hybridized carbons (Fsp3) is 0.250. The molecule has 21 heavy (non-hydrogen) atoms. The molecule has 5 heteroatoms. The standard InChI is InChI=1S/C16H13ClF3N/c17-13-7-6-11(16(18,19)20)9-15(13)21-14-8-5-10-3-1-2-4-12(10)14/h1-4,6-7,9,14,21H,5,8H2. The van der Waals surface area contributed by atoms with E-state index in [1.54, 1.807) is 0 Å². The SMILES string of the molecule is FC(F)(F)c1ccc(Cl)c(NC2CCc3ccccc32)c1. The summed E-state index contributed by atoms with van der Waals surface area (Å²) >= 11 is 6.02. The first-order valence-electron chi connectivity index (χ1n) is 6.66. The summed E-state index contributed by atoms with van der Waals surface area (Å²) in [7, 11) is 0. The van der Waals surface area contributed by atoms with Crippen LogP contribution in [0, 0.1) is 0 Å². The summed E-state index contributed by atoms with van der Waals surface area (Å²) < 4.78 is 38.3. The van der Waals surface area contributed by atoms with E-state index in [9.17, 15) is 13.2 Å². The minimum atomic E-state index is -4.37. The van der Waals surface area contributed by atoms with Crippen LogP contribution in [-0.2, 0) is 12.6 Å². The van der Waals surface area contributed by atoms with Crippen LogP contribution in [-0.4, -0.2) is 0 Å². The van der Waals surface area contributed by atoms with Crippen molar-refractivity contribution in [3.63, 3.8) is 0 Å². The van der Waals surface area contributed by atoms with E-state index in [0.29, 0.717) is 10.7 Å². The van der Waals surface area contributed by atoms with Gasteiger partial charge >= 0.3 is 6.18 Å². The molecule has 3 rings (SSSR count). The number of hydrogen-bond donors (Lipinski definition) is 1. The second-order valence-corrected chi connectivity index (χ2v) is 5.53. The van der Waals surface area contributed by atoms with E-state index in [-0.39, 0.29) is 6.04 Å². The third-order valence-corrected chi connectivity index (χ3v) is 4.09. The van der Waals surface area contributed by atoms with E-state index >= 15 is 0 Å². The predicted molar refractivity (Wildman–Crippen MR) is 77.6 cm³/mol. The van der Waals surface area contributed by atoms with E-state index in [1.807, 2.05) is 24.3 Å². The summed E-state index contributed by atoms with van der Waals surface area (Å²) in [6.07, 6.45) is -2.59. The number of anilines is 1. The second-order valence-electron chi connectivity index (χ2n) is 5.13. The van der Waals surface area contributed by atoms with Crippen LogP contribution in [0.25, 0.3) is 0 Å². The summed E-state index contributed by atoms with van der Waals surface area (Å²) in [6.45, 7) is 0. The molecule has 1 nitrogen and oxygen atoms in total. The Kier molecular flexibility index (Phi) is 3.57. The molecule has 0 amide bonds. The lowest BCUT2D eigenvalue weighted by Crippen LogP contribution is -2.10. The number of fused-ring (bicyclic) bond motifs is 1. The van der Waals surface area contributed by atoms with Crippen LogP contribution in [0.5, 0.6) is 0 Å². The lowest BCUT2D eigenvalue weighted by Gasteiger charge is -2.18. The van der Waals surface area contributed by atoms with Crippen molar-refractivity contribution in [1.82, 2.24) is 0 Å². The molecule has 110 valence electrons. The van der Waals surface area contributed by atoms with Crippen molar-refractivity contribution in [2.75, 3.05) is 5.32 Å². The Hall–Kier alpha value is -1.68. The molecule has 0 fully saturated rings. The first kappa shape index (κ1) is 14.3. The van der Waals surface area contributed by atoms with E-state index in [1.165, 1.54) is 11.6 Å². The van der Waals surface area contributed by atoms with Gasteiger partial charge in [-0.05, 0) is 42.2 Å². The first-order chi connectivity index (χ1) is 9.95. The number of benzene rings is 2. The number of hydrogen-bond acceptors (Lipinski definition) is 1. The molecule has 2 aromatic carbocycles. The quantitative estimate of drug-likeness (QED) is 0.776. The third-order valence-electron chi connectivity index (χ3n) is 3.76. The molecule has 0 heterocycles. The first-order valence-corrected chi connectivity index (χ1v) is 7.04. The van der Waals surface area contributed by atoms with Crippen molar-refractivity contribution in [3.05, 3.63) is 64.2 Å². The average molecular weight is 312 g/mol. The molecule has 1 unspecified atom stereocenters. The molecule has 0 aromatic heterocycles. The van der Waals surface area contributed by atoms with Crippen molar-refractivity contribution >= 4 is 17.3 Å². The molecule has 0 radical (unpaired) electrons. The summed E-state index contributed by atoms with van der Waals surface area (Å²) in [5.74, 6) is 0. The van der Waals surface area contributed by atoms with Crippen LogP contribution < -0.4 is 5.32 Å². The minimum absolute atomic E-state index is 0.00202. The van der Waals surface area contributed by atoms with Gasteiger partial charge in [0.2, 0.25) is 0 Å². The number of aryl methyl sites for hydroxylation is 1. The van der Waals surface area contributed by atoms with Crippen molar-refractivity contribution in [1.29, 1.82) is 0 Å². The zero-order valence-corrected chi connectivity index (χ0v) is 11.8. The third kappa shape index (κ3) is 2.86. The van der Waals surface area contributed by atoms with Gasteiger partial charge in [0.05, 0.1) is 22.3 Å². The summed E-state index contributed by atoms with van der Waals surface area (Å²) in [6, 6.07) is 11.3. The molecular formula is C16H13ClF3N. The zero-order chi connectivity index (χ0) is 15.0. The molecule has 1 aliphatic rings. The maximum atomic E-state index is 12.8. The zero-order valence-electron chi connectivity index (χ0n) is 11.0. The van der Waals surface area contributed by atoms with E-state index < -0.39 is 11.7 Å². The number of nitrogens with one attached hydrogen (secondary N) is 1. The normalized spacial score (nSPS) is 17.6. The molecule has 2 aromatic rings. The van der Waals surface area contributed by atoms with Crippen LogP contribution in [0.1, 0.15) is 29.2 Å². The molecule has 1 atom stereocenters. The Morgan fingerprint density at radius 1 is 1.10 bits per heavy atom. The van der Waals surface area contributed by atoms with Gasteiger partial charge in [0.15, 0.2) is 0 Å². The monoisotopic (exact) mass is 311 g/mol. The van der Waals surface area contributed by atoms with E-state index in [4.69, 9.17) is 11.6 Å². The Labute approximate surface area is 125 Å². The van der Waals surface area contributed by atoms with Gasteiger partial charge in [-0.3, -0.25) is 0 Å². The Balaban J connectivity index is 1.89.